The first-order valence-corrected chi connectivity index (χ1v) is 5.91. The fourth-order valence-corrected chi connectivity index (χ4v) is 1.55. The lowest BCUT2D eigenvalue weighted by atomic mass is 10.2. The van der Waals surface area contributed by atoms with Gasteiger partial charge < -0.3 is 5.32 Å². The van der Waals surface area contributed by atoms with Crippen LogP contribution in [0.25, 0.3) is 0 Å². The van der Waals surface area contributed by atoms with Crippen LogP contribution in [0.1, 0.15) is 25.7 Å². The molecule has 16 heavy (non-hydrogen) atoms. The van der Waals surface area contributed by atoms with Gasteiger partial charge in [-0.3, -0.25) is 0 Å². The van der Waals surface area contributed by atoms with E-state index in [1.807, 2.05) is 6.08 Å². The summed E-state index contributed by atoms with van der Waals surface area (Å²) in [4.78, 5) is 0. The molecule has 0 bridgehead atoms. The van der Waals surface area contributed by atoms with E-state index in [1.165, 1.54) is 12.5 Å². The summed E-state index contributed by atoms with van der Waals surface area (Å²) in [5.74, 6) is -0.377. The number of hydrogen-bond acceptors (Lipinski definition) is 1. The minimum absolute atomic E-state index is 0.163. The van der Waals surface area contributed by atoms with Crippen molar-refractivity contribution in [3.05, 3.63) is 41.7 Å². The first-order valence-electron chi connectivity index (χ1n) is 5.54. The summed E-state index contributed by atoms with van der Waals surface area (Å²) in [5.41, 5.74) is 0.783. The quantitative estimate of drug-likeness (QED) is 0.542. The second kappa shape index (κ2) is 7.29. The Hall–Kier alpha value is -1.02. The van der Waals surface area contributed by atoms with Gasteiger partial charge in [0.15, 0.2) is 0 Å². The van der Waals surface area contributed by atoms with Crippen LogP contribution < -0.4 is 5.32 Å². The fourth-order valence-electron chi connectivity index (χ4n) is 1.43. The van der Waals surface area contributed by atoms with E-state index in [4.69, 9.17) is 11.6 Å². The number of anilines is 1. The van der Waals surface area contributed by atoms with Crippen molar-refractivity contribution in [1.82, 2.24) is 0 Å². The highest BCUT2D eigenvalue weighted by Crippen LogP contribution is 2.18. The number of unbranched alkanes of at least 4 members (excludes halogenated alkanes) is 3. The maximum absolute atomic E-state index is 13.1. The van der Waals surface area contributed by atoms with Gasteiger partial charge in [-0.05, 0) is 37.5 Å². The zero-order chi connectivity index (χ0) is 11.8. The van der Waals surface area contributed by atoms with Crippen LogP contribution in [0.5, 0.6) is 0 Å². The Morgan fingerprint density at radius 1 is 1.31 bits per heavy atom. The number of rotatable bonds is 7. The summed E-state index contributed by atoms with van der Waals surface area (Å²) in [6.45, 7) is 4.53. The molecule has 0 atom stereocenters. The van der Waals surface area contributed by atoms with Crippen LogP contribution in [0.2, 0.25) is 5.02 Å². The summed E-state index contributed by atoms with van der Waals surface area (Å²) in [6.07, 6.45) is 6.41. The monoisotopic (exact) mass is 241 g/mol. The van der Waals surface area contributed by atoms with E-state index < -0.39 is 0 Å². The Balaban J connectivity index is 2.21. The van der Waals surface area contributed by atoms with Crippen molar-refractivity contribution >= 4 is 17.3 Å². The van der Waals surface area contributed by atoms with E-state index in [0.717, 1.165) is 31.5 Å². The van der Waals surface area contributed by atoms with Crippen molar-refractivity contribution in [3.8, 4) is 0 Å². The van der Waals surface area contributed by atoms with Crippen LogP contribution in [0.4, 0.5) is 10.1 Å². The molecule has 0 saturated carbocycles. The Bertz CT molecular complexity index is 339. The Kier molecular flexibility index (Phi) is 5.94. The predicted octanol–water partition coefficient (Wildman–Crippen LogP) is 4.64. The van der Waals surface area contributed by atoms with Gasteiger partial charge in [0.2, 0.25) is 0 Å². The predicted molar refractivity (Wildman–Crippen MR) is 68.6 cm³/mol. The maximum Gasteiger partial charge on any atom is 0.143 e. The minimum Gasteiger partial charge on any atom is -0.385 e. The van der Waals surface area contributed by atoms with Crippen LogP contribution in [0.15, 0.2) is 30.9 Å². The molecule has 1 nitrogen and oxygen atoms in total. The maximum atomic E-state index is 13.1. The smallest absolute Gasteiger partial charge is 0.143 e. The van der Waals surface area contributed by atoms with Crippen molar-refractivity contribution in [3.63, 3.8) is 0 Å². The number of hydrogen-bond donors (Lipinski definition) is 1. The Morgan fingerprint density at radius 3 is 2.81 bits per heavy atom. The second-order valence-electron chi connectivity index (χ2n) is 3.69. The molecule has 0 aliphatic heterocycles. The van der Waals surface area contributed by atoms with E-state index in [2.05, 4.69) is 11.9 Å². The van der Waals surface area contributed by atoms with Gasteiger partial charge in [0.1, 0.15) is 5.82 Å². The Labute approximate surface area is 101 Å². The van der Waals surface area contributed by atoms with Gasteiger partial charge in [-0.2, -0.15) is 0 Å². The van der Waals surface area contributed by atoms with Crippen molar-refractivity contribution in [2.45, 2.75) is 25.7 Å². The summed E-state index contributed by atoms with van der Waals surface area (Å²) in [7, 11) is 0. The molecule has 1 rings (SSSR count). The molecule has 0 spiro atoms. The molecule has 0 fully saturated rings. The molecule has 0 aliphatic rings. The van der Waals surface area contributed by atoms with Crippen LogP contribution in [-0.2, 0) is 0 Å². The van der Waals surface area contributed by atoms with Crippen molar-refractivity contribution in [2.24, 2.45) is 0 Å². The largest absolute Gasteiger partial charge is 0.385 e. The molecule has 0 amide bonds. The molecule has 1 aromatic carbocycles. The number of benzene rings is 1. The number of allylic oxidation sites excluding steroid dienone is 1. The fraction of sp³-hybridized carbons (Fsp3) is 0.385. The lowest BCUT2D eigenvalue weighted by molar-refractivity contribution is 0.628. The van der Waals surface area contributed by atoms with Crippen LogP contribution in [-0.4, -0.2) is 6.54 Å². The third-order valence-electron chi connectivity index (χ3n) is 2.33. The topological polar surface area (TPSA) is 12.0 Å². The summed E-state index contributed by atoms with van der Waals surface area (Å²) < 4.78 is 13.1. The molecule has 0 radical (unpaired) electrons. The van der Waals surface area contributed by atoms with E-state index >= 15 is 0 Å². The zero-order valence-electron chi connectivity index (χ0n) is 9.31. The molecule has 1 N–H and O–H groups in total. The standard InChI is InChI=1S/C13H17ClFN/c1-2-3-4-5-6-9-16-11-7-8-12(14)13(15)10-11/h2,7-8,10,16H,1,3-6,9H2. The first kappa shape index (κ1) is 13.0. The lowest BCUT2D eigenvalue weighted by Gasteiger charge is -2.06. The van der Waals surface area contributed by atoms with Crippen molar-refractivity contribution in [1.29, 1.82) is 0 Å². The molecule has 0 saturated heterocycles. The van der Waals surface area contributed by atoms with Gasteiger partial charge in [0.25, 0.3) is 0 Å². The average Bonchev–Trinajstić information content (AvgIpc) is 2.28. The SMILES string of the molecule is C=CCCCCCNc1ccc(Cl)c(F)c1. The molecule has 0 aromatic heterocycles. The molecule has 1 aromatic rings. The third kappa shape index (κ3) is 4.67. The van der Waals surface area contributed by atoms with Crippen LogP contribution in [0.3, 0.4) is 0 Å². The van der Waals surface area contributed by atoms with Gasteiger partial charge in [-0.25, -0.2) is 4.39 Å². The normalized spacial score (nSPS) is 10.1. The molecule has 0 aliphatic carbocycles. The van der Waals surface area contributed by atoms with Crippen LogP contribution in [0, 0.1) is 5.82 Å². The Morgan fingerprint density at radius 2 is 2.12 bits per heavy atom. The first-order chi connectivity index (χ1) is 7.74. The van der Waals surface area contributed by atoms with Crippen molar-refractivity contribution < 1.29 is 4.39 Å². The molecular weight excluding hydrogens is 225 g/mol. The highest BCUT2D eigenvalue weighted by atomic mass is 35.5. The second-order valence-corrected chi connectivity index (χ2v) is 4.10. The van der Waals surface area contributed by atoms with E-state index in [-0.39, 0.29) is 10.8 Å². The lowest BCUT2D eigenvalue weighted by Crippen LogP contribution is -2.01. The van der Waals surface area contributed by atoms with Crippen molar-refractivity contribution in [2.75, 3.05) is 11.9 Å². The van der Waals surface area contributed by atoms with Gasteiger partial charge >= 0.3 is 0 Å². The van der Waals surface area contributed by atoms with E-state index in [0.29, 0.717) is 0 Å². The van der Waals surface area contributed by atoms with E-state index in [9.17, 15) is 4.39 Å². The summed E-state index contributed by atoms with van der Waals surface area (Å²) in [6, 6.07) is 4.78. The number of nitrogens with one attached hydrogen (secondary N) is 1. The van der Waals surface area contributed by atoms with Gasteiger partial charge in [-0.1, -0.05) is 24.1 Å². The van der Waals surface area contributed by atoms with Gasteiger partial charge in [0, 0.05) is 12.2 Å². The molecule has 3 heteroatoms. The summed E-state index contributed by atoms with van der Waals surface area (Å²) in [5, 5.41) is 3.33. The number of halogens is 2. The molecular formula is C13H17ClFN. The molecule has 0 heterocycles. The zero-order valence-corrected chi connectivity index (χ0v) is 10.1. The molecule has 0 unspecified atom stereocenters. The van der Waals surface area contributed by atoms with Gasteiger partial charge in [0.05, 0.1) is 5.02 Å². The van der Waals surface area contributed by atoms with E-state index in [1.54, 1.807) is 12.1 Å². The minimum atomic E-state index is -0.377. The highest BCUT2D eigenvalue weighted by Gasteiger charge is 1.99. The van der Waals surface area contributed by atoms with Gasteiger partial charge in [-0.15, -0.1) is 6.58 Å². The highest BCUT2D eigenvalue weighted by molar-refractivity contribution is 6.30. The molecule has 88 valence electrons. The average molecular weight is 242 g/mol. The summed E-state index contributed by atoms with van der Waals surface area (Å²) >= 11 is 5.59. The van der Waals surface area contributed by atoms with Crippen LogP contribution >= 0.6 is 11.6 Å². The third-order valence-corrected chi connectivity index (χ3v) is 2.64.